The van der Waals surface area contributed by atoms with Crippen LogP contribution in [0.15, 0.2) is 67.4 Å². The van der Waals surface area contributed by atoms with Crippen LogP contribution in [0.5, 0.6) is 0 Å². The molecule has 3 aromatic rings. The smallest absolute Gasteiger partial charge is 0.257 e. The number of hydrogen-bond donors (Lipinski definition) is 1. The fourth-order valence-corrected chi connectivity index (χ4v) is 4.56. The van der Waals surface area contributed by atoms with Gasteiger partial charge in [0, 0.05) is 11.2 Å². The first-order valence-electron chi connectivity index (χ1n) is 10.1. The molecule has 32 heavy (non-hydrogen) atoms. The lowest BCUT2D eigenvalue weighted by Crippen LogP contribution is -2.43. The SMILES string of the molecule is C=Cc1ncccc1C(=O)N([C@@H]1CCc2c(F)cc(Cl)cc21)[C@@H](C(N)=O)c1ccccc1. The van der Waals surface area contributed by atoms with Crippen LogP contribution in [0.2, 0.25) is 5.02 Å². The van der Waals surface area contributed by atoms with Crippen LogP contribution < -0.4 is 5.73 Å². The highest BCUT2D eigenvalue weighted by molar-refractivity contribution is 6.30. The maximum atomic E-state index is 14.6. The molecule has 0 radical (unpaired) electrons. The largest absolute Gasteiger partial charge is 0.368 e. The van der Waals surface area contributed by atoms with Gasteiger partial charge in [-0.3, -0.25) is 14.6 Å². The number of benzene rings is 2. The van der Waals surface area contributed by atoms with Crippen molar-refractivity contribution in [3.8, 4) is 0 Å². The van der Waals surface area contributed by atoms with E-state index in [1.165, 1.54) is 17.0 Å². The summed E-state index contributed by atoms with van der Waals surface area (Å²) in [5.41, 5.74) is 8.13. The van der Waals surface area contributed by atoms with Gasteiger partial charge in [0.15, 0.2) is 0 Å². The summed E-state index contributed by atoms with van der Waals surface area (Å²) in [6, 6.07) is 13.3. The minimum Gasteiger partial charge on any atom is -0.368 e. The average molecular weight is 450 g/mol. The molecule has 0 fully saturated rings. The molecule has 2 amide bonds. The summed E-state index contributed by atoms with van der Waals surface area (Å²) in [5, 5.41) is 0.226. The Morgan fingerprint density at radius 2 is 1.97 bits per heavy atom. The van der Waals surface area contributed by atoms with Gasteiger partial charge >= 0.3 is 0 Å². The van der Waals surface area contributed by atoms with Crippen molar-refractivity contribution in [3.05, 3.63) is 106 Å². The highest BCUT2D eigenvalue weighted by Gasteiger charge is 2.40. The third kappa shape index (κ3) is 3.89. The van der Waals surface area contributed by atoms with Gasteiger partial charge in [-0.05, 0) is 59.9 Å². The molecule has 1 heterocycles. The second-order valence-corrected chi connectivity index (χ2v) is 8.01. The molecule has 0 bridgehead atoms. The van der Waals surface area contributed by atoms with Gasteiger partial charge in [-0.25, -0.2) is 4.39 Å². The number of hydrogen-bond acceptors (Lipinski definition) is 3. The molecular formula is C25H21ClFN3O2. The Kier molecular flexibility index (Phi) is 6.06. The van der Waals surface area contributed by atoms with E-state index >= 15 is 0 Å². The summed E-state index contributed by atoms with van der Waals surface area (Å²) in [4.78, 5) is 32.3. The van der Waals surface area contributed by atoms with Crippen molar-refractivity contribution in [1.82, 2.24) is 9.88 Å². The molecule has 2 atom stereocenters. The van der Waals surface area contributed by atoms with Crippen LogP contribution in [-0.4, -0.2) is 21.7 Å². The molecule has 1 aromatic heterocycles. The van der Waals surface area contributed by atoms with Crippen molar-refractivity contribution in [3.63, 3.8) is 0 Å². The van der Waals surface area contributed by atoms with E-state index in [-0.39, 0.29) is 10.6 Å². The third-order valence-corrected chi connectivity index (χ3v) is 5.94. The van der Waals surface area contributed by atoms with Crippen molar-refractivity contribution >= 4 is 29.5 Å². The van der Waals surface area contributed by atoms with Gasteiger partial charge in [0.25, 0.3) is 5.91 Å². The van der Waals surface area contributed by atoms with Gasteiger partial charge in [-0.15, -0.1) is 0 Å². The Morgan fingerprint density at radius 3 is 2.66 bits per heavy atom. The first-order chi connectivity index (χ1) is 15.4. The van der Waals surface area contributed by atoms with Crippen LogP contribution >= 0.6 is 11.6 Å². The van der Waals surface area contributed by atoms with Gasteiger partial charge in [-0.2, -0.15) is 0 Å². The number of primary amides is 1. The molecule has 0 aliphatic heterocycles. The second kappa shape index (κ2) is 8.93. The van der Waals surface area contributed by atoms with Gasteiger partial charge in [0.05, 0.1) is 17.3 Å². The third-order valence-electron chi connectivity index (χ3n) is 5.72. The van der Waals surface area contributed by atoms with Crippen LogP contribution in [0, 0.1) is 5.82 Å². The first-order valence-corrected chi connectivity index (χ1v) is 10.5. The predicted molar refractivity (Wildman–Crippen MR) is 121 cm³/mol. The van der Waals surface area contributed by atoms with Gasteiger partial charge in [0.1, 0.15) is 11.9 Å². The second-order valence-electron chi connectivity index (χ2n) is 7.58. The van der Waals surface area contributed by atoms with E-state index in [1.807, 2.05) is 6.07 Å². The lowest BCUT2D eigenvalue weighted by molar-refractivity contribution is -0.123. The summed E-state index contributed by atoms with van der Waals surface area (Å²) in [5.74, 6) is -1.56. The maximum absolute atomic E-state index is 14.6. The summed E-state index contributed by atoms with van der Waals surface area (Å²) >= 11 is 6.14. The highest BCUT2D eigenvalue weighted by Crippen LogP contribution is 2.43. The summed E-state index contributed by atoms with van der Waals surface area (Å²) in [6.07, 6.45) is 3.88. The van der Waals surface area contributed by atoms with Crippen molar-refractivity contribution in [2.75, 3.05) is 0 Å². The standard InChI is InChI=1S/C25H21ClFN3O2/c1-2-21-18(9-6-12-29-21)25(32)30(23(24(28)31)15-7-4-3-5-8-15)22-11-10-17-19(22)13-16(26)14-20(17)27/h2-9,12-14,22-23H,1,10-11H2,(H2,28,31)/t22-,23-/m1/s1. The Labute approximate surface area is 190 Å². The molecule has 1 aliphatic carbocycles. The van der Waals surface area contributed by atoms with E-state index in [0.717, 1.165) is 0 Å². The van der Waals surface area contributed by atoms with E-state index in [1.54, 1.807) is 48.7 Å². The molecule has 162 valence electrons. The average Bonchev–Trinajstić information content (AvgIpc) is 3.20. The van der Waals surface area contributed by atoms with Crippen LogP contribution in [0.25, 0.3) is 6.08 Å². The maximum Gasteiger partial charge on any atom is 0.257 e. The number of carbonyl (C=O) groups excluding carboxylic acids is 2. The Balaban J connectivity index is 1.91. The highest BCUT2D eigenvalue weighted by atomic mass is 35.5. The molecule has 5 nitrogen and oxygen atoms in total. The number of fused-ring (bicyclic) bond motifs is 1. The number of halogens is 2. The van der Waals surface area contributed by atoms with Gasteiger partial charge in [0.2, 0.25) is 5.91 Å². The first kappa shape index (κ1) is 21.7. The summed E-state index contributed by atoms with van der Waals surface area (Å²) in [7, 11) is 0. The van der Waals surface area contributed by atoms with Crippen molar-refractivity contribution in [2.24, 2.45) is 5.73 Å². The lowest BCUT2D eigenvalue weighted by Gasteiger charge is -2.36. The van der Waals surface area contributed by atoms with E-state index in [4.69, 9.17) is 17.3 Å². The van der Waals surface area contributed by atoms with Crippen molar-refractivity contribution in [1.29, 1.82) is 0 Å². The molecule has 0 unspecified atom stereocenters. The summed E-state index contributed by atoms with van der Waals surface area (Å²) < 4.78 is 14.6. The zero-order chi connectivity index (χ0) is 22.8. The molecule has 0 spiro atoms. The lowest BCUT2D eigenvalue weighted by atomic mass is 9.97. The van der Waals surface area contributed by atoms with Crippen LogP contribution in [0.3, 0.4) is 0 Å². The molecule has 4 rings (SSSR count). The number of amides is 2. The van der Waals surface area contributed by atoms with E-state index in [0.29, 0.717) is 35.2 Å². The molecule has 7 heteroatoms. The molecule has 1 aliphatic rings. The van der Waals surface area contributed by atoms with Crippen LogP contribution in [0.1, 0.15) is 51.2 Å². The Hall–Kier alpha value is -3.51. The Bertz CT molecular complexity index is 1200. The topological polar surface area (TPSA) is 76.3 Å². The zero-order valence-corrected chi connectivity index (χ0v) is 17.9. The summed E-state index contributed by atoms with van der Waals surface area (Å²) in [6.45, 7) is 3.74. The van der Waals surface area contributed by atoms with Crippen molar-refractivity contribution < 1.29 is 14.0 Å². The van der Waals surface area contributed by atoms with Crippen LogP contribution in [-0.2, 0) is 11.2 Å². The van der Waals surface area contributed by atoms with E-state index < -0.39 is 29.7 Å². The number of carbonyl (C=O) groups is 2. The number of pyridine rings is 1. The predicted octanol–water partition coefficient (Wildman–Crippen LogP) is 4.87. The molecular weight excluding hydrogens is 429 g/mol. The van der Waals surface area contributed by atoms with E-state index in [9.17, 15) is 14.0 Å². The molecule has 0 saturated carbocycles. The van der Waals surface area contributed by atoms with Gasteiger partial charge in [-0.1, -0.05) is 48.5 Å². The minimum atomic E-state index is -1.07. The number of nitrogens with two attached hydrogens (primary N) is 1. The molecule has 2 N–H and O–H groups in total. The van der Waals surface area contributed by atoms with E-state index in [2.05, 4.69) is 11.6 Å². The quantitative estimate of drug-likeness (QED) is 0.583. The molecule has 2 aromatic carbocycles. The monoisotopic (exact) mass is 449 g/mol. The minimum absolute atomic E-state index is 0.226. The van der Waals surface area contributed by atoms with Crippen molar-refractivity contribution in [2.45, 2.75) is 24.9 Å². The molecule has 0 saturated heterocycles. The number of nitrogens with zero attached hydrogens (tertiary/aromatic N) is 2. The van der Waals surface area contributed by atoms with Gasteiger partial charge < -0.3 is 10.6 Å². The number of aromatic nitrogens is 1. The fraction of sp³-hybridized carbons (Fsp3) is 0.160. The van der Waals surface area contributed by atoms with Crippen LogP contribution in [0.4, 0.5) is 4.39 Å². The number of rotatable bonds is 6. The zero-order valence-electron chi connectivity index (χ0n) is 17.2. The Morgan fingerprint density at radius 1 is 1.22 bits per heavy atom. The normalized spacial score (nSPS) is 15.6. The fourth-order valence-electron chi connectivity index (χ4n) is 4.35.